The molecule has 0 spiro atoms. The molecule has 24 heavy (non-hydrogen) atoms. The highest BCUT2D eigenvalue weighted by Gasteiger charge is 2.21. The van der Waals surface area contributed by atoms with Crippen LogP contribution in [0.2, 0.25) is 0 Å². The van der Waals surface area contributed by atoms with Crippen LogP contribution in [-0.2, 0) is 6.54 Å². The van der Waals surface area contributed by atoms with E-state index in [4.69, 9.17) is 4.74 Å². The molecule has 3 rings (SSSR count). The van der Waals surface area contributed by atoms with E-state index in [-0.39, 0.29) is 5.82 Å². The van der Waals surface area contributed by atoms with E-state index in [1.165, 1.54) is 28.8 Å². The Bertz CT molecular complexity index is 692. The largest absolute Gasteiger partial charge is 0.496 e. The summed E-state index contributed by atoms with van der Waals surface area (Å²) in [4.78, 5) is 3.94. The fourth-order valence-electron chi connectivity index (χ4n) is 3.44. The average molecular weight is 329 g/mol. The van der Waals surface area contributed by atoms with Crippen molar-refractivity contribution in [1.82, 2.24) is 0 Å². The summed E-state index contributed by atoms with van der Waals surface area (Å²) in [7, 11) is 1.72. The first-order valence-corrected chi connectivity index (χ1v) is 8.55. The molecule has 1 fully saturated rings. The van der Waals surface area contributed by atoms with Crippen LogP contribution in [0.5, 0.6) is 5.75 Å². The van der Waals surface area contributed by atoms with Crippen LogP contribution in [0.15, 0.2) is 36.4 Å². The Morgan fingerprint density at radius 1 is 1.04 bits per heavy atom. The highest BCUT2D eigenvalue weighted by atomic mass is 19.1. The maximum Gasteiger partial charge on any atom is 0.123 e. The average Bonchev–Trinajstić information content (AvgIpc) is 2.59. The zero-order valence-corrected chi connectivity index (χ0v) is 14.7. The van der Waals surface area contributed by atoms with E-state index in [2.05, 4.69) is 30.9 Å². The predicted octanol–water partition coefficient (Wildman–Crippen LogP) is 2.36. The van der Waals surface area contributed by atoms with Gasteiger partial charge in [-0.1, -0.05) is 0 Å². The summed E-state index contributed by atoms with van der Waals surface area (Å²) in [6, 6.07) is 11.2. The topological polar surface area (TPSA) is 16.9 Å². The lowest BCUT2D eigenvalue weighted by Gasteiger charge is -2.34. The number of hydrogen-bond acceptors (Lipinski definition) is 2. The molecule has 0 radical (unpaired) electrons. The summed E-state index contributed by atoms with van der Waals surface area (Å²) in [5.41, 5.74) is 5.01. The van der Waals surface area contributed by atoms with Gasteiger partial charge in [-0.05, 0) is 61.4 Å². The number of aryl methyl sites for hydroxylation is 2. The third kappa shape index (κ3) is 3.70. The maximum atomic E-state index is 13.1. The van der Waals surface area contributed by atoms with Crippen LogP contribution < -0.4 is 14.5 Å². The summed E-state index contributed by atoms with van der Waals surface area (Å²) in [6.07, 6.45) is 0. The number of rotatable bonds is 4. The summed E-state index contributed by atoms with van der Waals surface area (Å²) < 4.78 is 18.5. The normalized spacial score (nSPS) is 15.6. The van der Waals surface area contributed by atoms with Gasteiger partial charge in [0.15, 0.2) is 0 Å². The fourth-order valence-corrected chi connectivity index (χ4v) is 3.44. The second kappa shape index (κ2) is 7.22. The predicted molar refractivity (Wildman–Crippen MR) is 95.5 cm³/mol. The number of nitrogens with zero attached hydrogens (tertiary/aromatic N) is 1. The van der Waals surface area contributed by atoms with Crippen molar-refractivity contribution in [3.63, 3.8) is 0 Å². The third-order valence-corrected chi connectivity index (χ3v) is 4.96. The molecule has 128 valence electrons. The molecule has 1 heterocycles. The molecule has 1 saturated heterocycles. The van der Waals surface area contributed by atoms with E-state index in [1.807, 2.05) is 12.1 Å². The minimum Gasteiger partial charge on any atom is -0.496 e. The Morgan fingerprint density at radius 2 is 1.71 bits per heavy atom. The van der Waals surface area contributed by atoms with Crippen molar-refractivity contribution in [2.75, 3.05) is 38.2 Å². The minimum atomic E-state index is -0.173. The highest BCUT2D eigenvalue weighted by Crippen LogP contribution is 2.22. The molecule has 1 aliphatic rings. The summed E-state index contributed by atoms with van der Waals surface area (Å²) in [5.74, 6) is 0.792. The Hall–Kier alpha value is -2.07. The van der Waals surface area contributed by atoms with E-state index in [0.717, 1.165) is 44.2 Å². The van der Waals surface area contributed by atoms with Crippen molar-refractivity contribution >= 4 is 5.69 Å². The van der Waals surface area contributed by atoms with Crippen LogP contribution in [0.4, 0.5) is 10.1 Å². The Balaban J connectivity index is 1.61. The summed E-state index contributed by atoms with van der Waals surface area (Å²) >= 11 is 0. The lowest BCUT2D eigenvalue weighted by Crippen LogP contribution is -3.13. The second-order valence-corrected chi connectivity index (χ2v) is 6.64. The lowest BCUT2D eigenvalue weighted by atomic mass is 10.0. The standard InChI is InChI=1S/C20H25FN2O/c1-15-13-20(24-3)16(2)12-17(15)14-22-8-10-23(11-9-22)19-6-4-18(21)5-7-19/h4-7,12-13H,8-11,14H2,1-3H3/p+1. The van der Waals surface area contributed by atoms with Gasteiger partial charge in [0, 0.05) is 11.3 Å². The molecular weight excluding hydrogens is 303 g/mol. The summed E-state index contributed by atoms with van der Waals surface area (Å²) in [6.45, 7) is 9.52. The van der Waals surface area contributed by atoms with Gasteiger partial charge in [-0.25, -0.2) is 4.39 Å². The molecule has 0 aliphatic carbocycles. The Labute approximate surface area is 143 Å². The van der Waals surface area contributed by atoms with Crippen molar-refractivity contribution in [2.45, 2.75) is 20.4 Å². The SMILES string of the molecule is COc1cc(C)c(C[NH+]2CCN(c3ccc(F)cc3)CC2)cc1C. The van der Waals surface area contributed by atoms with Gasteiger partial charge in [-0.2, -0.15) is 0 Å². The maximum absolute atomic E-state index is 13.1. The van der Waals surface area contributed by atoms with Gasteiger partial charge in [-0.15, -0.1) is 0 Å². The number of anilines is 1. The number of methoxy groups -OCH3 is 1. The molecule has 0 atom stereocenters. The van der Waals surface area contributed by atoms with Crippen LogP contribution in [0, 0.1) is 19.7 Å². The quantitative estimate of drug-likeness (QED) is 0.927. The molecule has 0 unspecified atom stereocenters. The van der Waals surface area contributed by atoms with Crippen LogP contribution >= 0.6 is 0 Å². The van der Waals surface area contributed by atoms with Crippen molar-refractivity contribution in [3.8, 4) is 5.75 Å². The summed E-state index contributed by atoms with van der Waals surface area (Å²) in [5, 5.41) is 0. The number of nitrogens with one attached hydrogen (secondary N) is 1. The molecule has 3 nitrogen and oxygen atoms in total. The van der Waals surface area contributed by atoms with Crippen molar-refractivity contribution in [1.29, 1.82) is 0 Å². The molecule has 0 bridgehead atoms. The number of piperazine rings is 1. The van der Waals surface area contributed by atoms with Gasteiger partial charge in [0.1, 0.15) is 18.1 Å². The van der Waals surface area contributed by atoms with Crippen molar-refractivity contribution < 1.29 is 14.0 Å². The molecular formula is C20H26FN2O+. The Kier molecular flexibility index (Phi) is 5.05. The first-order chi connectivity index (χ1) is 11.6. The van der Waals surface area contributed by atoms with Crippen molar-refractivity contribution in [2.24, 2.45) is 0 Å². The number of quaternary nitrogens is 1. The molecule has 1 aliphatic heterocycles. The van der Waals surface area contributed by atoms with Gasteiger partial charge in [-0.3, -0.25) is 0 Å². The first-order valence-electron chi connectivity index (χ1n) is 8.55. The molecule has 2 aromatic rings. The third-order valence-electron chi connectivity index (χ3n) is 4.96. The van der Waals surface area contributed by atoms with E-state index in [9.17, 15) is 4.39 Å². The van der Waals surface area contributed by atoms with Gasteiger partial charge in [0.2, 0.25) is 0 Å². The highest BCUT2D eigenvalue weighted by molar-refractivity contribution is 5.46. The number of hydrogen-bond donors (Lipinski definition) is 1. The van der Waals surface area contributed by atoms with Gasteiger partial charge < -0.3 is 14.5 Å². The monoisotopic (exact) mass is 329 g/mol. The van der Waals surface area contributed by atoms with E-state index in [0.29, 0.717) is 0 Å². The number of benzene rings is 2. The van der Waals surface area contributed by atoms with Gasteiger partial charge >= 0.3 is 0 Å². The molecule has 4 heteroatoms. The van der Waals surface area contributed by atoms with E-state index >= 15 is 0 Å². The van der Waals surface area contributed by atoms with Crippen LogP contribution in [0.25, 0.3) is 0 Å². The molecule has 0 amide bonds. The van der Waals surface area contributed by atoms with Crippen LogP contribution in [0.3, 0.4) is 0 Å². The first kappa shape index (κ1) is 16.8. The lowest BCUT2D eigenvalue weighted by molar-refractivity contribution is -0.914. The molecule has 0 saturated carbocycles. The zero-order valence-electron chi connectivity index (χ0n) is 14.7. The van der Waals surface area contributed by atoms with Gasteiger partial charge in [0.05, 0.1) is 33.3 Å². The zero-order chi connectivity index (χ0) is 17.1. The van der Waals surface area contributed by atoms with Crippen molar-refractivity contribution in [3.05, 3.63) is 58.9 Å². The molecule has 0 aromatic heterocycles. The van der Waals surface area contributed by atoms with Crippen LogP contribution in [0.1, 0.15) is 16.7 Å². The molecule has 1 N–H and O–H groups in total. The van der Waals surface area contributed by atoms with Gasteiger partial charge in [0.25, 0.3) is 0 Å². The molecule has 2 aromatic carbocycles. The van der Waals surface area contributed by atoms with E-state index in [1.54, 1.807) is 12.0 Å². The van der Waals surface area contributed by atoms with E-state index < -0.39 is 0 Å². The minimum absolute atomic E-state index is 0.173. The fraction of sp³-hybridized carbons (Fsp3) is 0.400. The smallest absolute Gasteiger partial charge is 0.123 e. The number of halogens is 1. The second-order valence-electron chi connectivity index (χ2n) is 6.64. The number of ether oxygens (including phenoxy) is 1. The van der Waals surface area contributed by atoms with Crippen LogP contribution in [-0.4, -0.2) is 33.3 Å². The Morgan fingerprint density at radius 3 is 2.33 bits per heavy atom.